The standard InChI is InChI=1S/C15H32N2O2/c1-5-15(6-2,12-18)11-17-13(19)7-8-14(3,4)9-10-16/h18H,5-12,16H2,1-4H3,(H,17,19). The van der Waals surface area contributed by atoms with Gasteiger partial charge in [0.1, 0.15) is 0 Å². The first kappa shape index (κ1) is 18.4. The van der Waals surface area contributed by atoms with Crippen LogP contribution in [0.5, 0.6) is 0 Å². The molecule has 0 radical (unpaired) electrons. The van der Waals surface area contributed by atoms with Crippen molar-refractivity contribution < 1.29 is 9.90 Å². The van der Waals surface area contributed by atoms with Crippen LogP contribution in [-0.4, -0.2) is 30.7 Å². The Labute approximate surface area is 118 Å². The number of hydrogen-bond acceptors (Lipinski definition) is 3. The molecule has 4 N–H and O–H groups in total. The van der Waals surface area contributed by atoms with E-state index in [1.165, 1.54) is 0 Å². The summed E-state index contributed by atoms with van der Waals surface area (Å²) >= 11 is 0. The molecule has 19 heavy (non-hydrogen) atoms. The van der Waals surface area contributed by atoms with Crippen molar-refractivity contribution in [1.82, 2.24) is 5.32 Å². The van der Waals surface area contributed by atoms with Crippen LogP contribution in [0.3, 0.4) is 0 Å². The highest BCUT2D eigenvalue weighted by Crippen LogP contribution is 2.26. The SMILES string of the molecule is CCC(CC)(CO)CNC(=O)CCC(C)(C)CCN. The molecule has 0 bridgehead atoms. The van der Waals surface area contributed by atoms with Crippen molar-refractivity contribution in [3.8, 4) is 0 Å². The van der Waals surface area contributed by atoms with Crippen molar-refractivity contribution in [2.75, 3.05) is 19.7 Å². The van der Waals surface area contributed by atoms with Gasteiger partial charge in [-0.2, -0.15) is 0 Å². The monoisotopic (exact) mass is 272 g/mol. The van der Waals surface area contributed by atoms with E-state index in [4.69, 9.17) is 5.73 Å². The van der Waals surface area contributed by atoms with Gasteiger partial charge in [0, 0.05) is 18.4 Å². The van der Waals surface area contributed by atoms with Crippen molar-refractivity contribution in [3.63, 3.8) is 0 Å². The molecule has 0 aromatic rings. The fraction of sp³-hybridized carbons (Fsp3) is 0.933. The maximum atomic E-state index is 11.9. The molecule has 0 aliphatic carbocycles. The molecule has 0 aliphatic heterocycles. The molecule has 0 saturated carbocycles. The number of rotatable bonds is 10. The van der Waals surface area contributed by atoms with E-state index in [0.29, 0.717) is 19.5 Å². The third-order valence-corrected chi connectivity index (χ3v) is 4.35. The van der Waals surface area contributed by atoms with Crippen LogP contribution in [0.1, 0.15) is 59.8 Å². The lowest BCUT2D eigenvalue weighted by atomic mass is 9.82. The summed E-state index contributed by atoms with van der Waals surface area (Å²) in [7, 11) is 0. The fourth-order valence-corrected chi connectivity index (χ4v) is 2.12. The number of aliphatic hydroxyl groups excluding tert-OH is 1. The average molecular weight is 272 g/mol. The summed E-state index contributed by atoms with van der Waals surface area (Å²) in [4.78, 5) is 11.9. The number of nitrogens with two attached hydrogens (primary N) is 1. The van der Waals surface area contributed by atoms with Gasteiger partial charge < -0.3 is 16.2 Å². The highest BCUT2D eigenvalue weighted by atomic mass is 16.3. The molecule has 4 heteroatoms. The third kappa shape index (κ3) is 6.92. The second-order valence-corrected chi connectivity index (χ2v) is 6.34. The van der Waals surface area contributed by atoms with Crippen LogP contribution in [0.15, 0.2) is 0 Å². The van der Waals surface area contributed by atoms with Gasteiger partial charge in [-0.3, -0.25) is 4.79 Å². The van der Waals surface area contributed by atoms with E-state index >= 15 is 0 Å². The lowest BCUT2D eigenvalue weighted by Crippen LogP contribution is -2.39. The molecule has 1 amide bonds. The van der Waals surface area contributed by atoms with E-state index in [-0.39, 0.29) is 23.3 Å². The molecule has 0 unspecified atom stereocenters. The normalized spacial score (nSPS) is 12.5. The summed E-state index contributed by atoms with van der Waals surface area (Å²) in [5.74, 6) is 0.0739. The van der Waals surface area contributed by atoms with Crippen LogP contribution in [0.2, 0.25) is 0 Å². The summed E-state index contributed by atoms with van der Waals surface area (Å²) < 4.78 is 0. The zero-order valence-corrected chi connectivity index (χ0v) is 13.1. The van der Waals surface area contributed by atoms with Gasteiger partial charge in [0.15, 0.2) is 0 Å². The lowest BCUT2D eigenvalue weighted by molar-refractivity contribution is -0.122. The van der Waals surface area contributed by atoms with Crippen LogP contribution in [0.25, 0.3) is 0 Å². The fourth-order valence-electron chi connectivity index (χ4n) is 2.12. The Morgan fingerprint density at radius 3 is 2.21 bits per heavy atom. The van der Waals surface area contributed by atoms with E-state index in [9.17, 15) is 9.90 Å². The van der Waals surface area contributed by atoms with Crippen molar-refractivity contribution >= 4 is 5.91 Å². The zero-order chi connectivity index (χ0) is 14.9. The van der Waals surface area contributed by atoms with Gasteiger partial charge in [-0.25, -0.2) is 0 Å². The maximum absolute atomic E-state index is 11.9. The number of carbonyl (C=O) groups is 1. The molecule has 114 valence electrons. The van der Waals surface area contributed by atoms with Crippen molar-refractivity contribution in [1.29, 1.82) is 0 Å². The van der Waals surface area contributed by atoms with Crippen molar-refractivity contribution in [2.24, 2.45) is 16.6 Å². The first-order chi connectivity index (χ1) is 8.84. The Morgan fingerprint density at radius 2 is 1.79 bits per heavy atom. The minimum Gasteiger partial charge on any atom is -0.396 e. The van der Waals surface area contributed by atoms with Crippen LogP contribution < -0.4 is 11.1 Å². The number of hydrogen-bond donors (Lipinski definition) is 3. The zero-order valence-electron chi connectivity index (χ0n) is 13.1. The molecule has 0 saturated heterocycles. The predicted molar refractivity (Wildman–Crippen MR) is 79.8 cm³/mol. The molecular formula is C15H32N2O2. The van der Waals surface area contributed by atoms with Gasteiger partial charge in [-0.15, -0.1) is 0 Å². The Morgan fingerprint density at radius 1 is 1.21 bits per heavy atom. The summed E-state index contributed by atoms with van der Waals surface area (Å²) in [5, 5.41) is 12.4. The first-order valence-electron chi connectivity index (χ1n) is 7.42. The van der Waals surface area contributed by atoms with Crippen LogP contribution in [0, 0.1) is 10.8 Å². The summed E-state index contributed by atoms with van der Waals surface area (Å²) in [5.41, 5.74) is 5.52. The number of aliphatic hydroxyl groups is 1. The largest absolute Gasteiger partial charge is 0.396 e. The Hall–Kier alpha value is -0.610. The van der Waals surface area contributed by atoms with E-state index < -0.39 is 0 Å². The minimum atomic E-state index is -0.164. The highest BCUT2D eigenvalue weighted by Gasteiger charge is 2.26. The van der Waals surface area contributed by atoms with Gasteiger partial charge >= 0.3 is 0 Å². The molecule has 0 atom stereocenters. The second kappa shape index (κ2) is 8.54. The molecule has 0 rings (SSSR count). The minimum absolute atomic E-state index is 0.0739. The number of carbonyl (C=O) groups excluding carboxylic acids is 1. The van der Waals surface area contributed by atoms with Crippen molar-refractivity contribution in [2.45, 2.75) is 59.8 Å². The van der Waals surface area contributed by atoms with Gasteiger partial charge in [-0.1, -0.05) is 27.7 Å². The summed E-state index contributed by atoms with van der Waals surface area (Å²) in [6.45, 7) is 9.73. The molecule has 0 aromatic heterocycles. The van der Waals surface area contributed by atoms with Crippen LogP contribution in [-0.2, 0) is 4.79 Å². The average Bonchev–Trinajstić information content (AvgIpc) is 2.39. The molecule has 0 heterocycles. The molecular weight excluding hydrogens is 240 g/mol. The predicted octanol–water partition coefficient (Wildman–Crippen LogP) is 2.06. The van der Waals surface area contributed by atoms with Gasteiger partial charge in [-0.05, 0) is 37.6 Å². The van der Waals surface area contributed by atoms with Crippen molar-refractivity contribution in [3.05, 3.63) is 0 Å². The lowest BCUT2D eigenvalue weighted by Gasteiger charge is -2.30. The quantitative estimate of drug-likeness (QED) is 0.570. The highest BCUT2D eigenvalue weighted by molar-refractivity contribution is 5.75. The maximum Gasteiger partial charge on any atom is 0.220 e. The van der Waals surface area contributed by atoms with Gasteiger partial charge in [0.05, 0.1) is 6.61 Å². The van der Waals surface area contributed by atoms with E-state index in [0.717, 1.165) is 25.7 Å². The summed E-state index contributed by atoms with van der Waals surface area (Å²) in [6, 6.07) is 0. The van der Waals surface area contributed by atoms with Crippen LogP contribution >= 0.6 is 0 Å². The molecule has 4 nitrogen and oxygen atoms in total. The van der Waals surface area contributed by atoms with E-state index in [1.807, 2.05) is 0 Å². The number of amides is 1. The third-order valence-electron chi connectivity index (χ3n) is 4.35. The van der Waals surface area contributed by atoms with E-state index in [2.05, 4.69) is 33.0 Å². The van der Waals surface area contributed by atoms with Crippen LogP contribution in [0.4, 0.5) is 0 Å². The summed E-state index contributed by atoms with van der Waals surface area (Å²) in [6.07, 6.45) is 4.06. The topological polar surface area (TPSA) is 75.3 Å². The Bertz CT molecular complexity index is 253. The number of nitrogens with one attached hydrogen (secondary N) is 1. The Balaban J connectivity index is 4.12. The molecule has 0 aromatic carbocycles. The Kier molecular flexibility index (Phi) is 8.26. The molecule has 0 aliphatic rings. The smallest absolute Gasteiger partial charge is 0.220 e. The molecule has 0 fully saturated rings. The van der Waals surface area contributed by atoms with Gasteiger partial charge in [0.2, 0.25) is 5.91 Å². The second-order valence-electron chi connectivity index (χ2n) is 6.34. The first-order valence-corrected chi connectivity index (χ1v) is 7.42. The van der Waals surface area contributed by atoms with E-state index in [1.54, 1.807) is 0 Å². The van der Waals surface area contributed by atoms with Gasteiger partial charge in [0.25, 0.3) is 0 Å². The molecule has 0 spiro atoms.